The zero-order valence-electron chi connectivity index (χ0n) is 16.7. The van der Waals surface area contributed by atoms with E-state index in [1.165, 1.54) is 30.2 Å². The van der Waals surface area contributed by atoms with Crippen LogP contribution < -0.4 is 4.74 Å². The molecule has 3 rings (SSSR count). The number of aromatic nitrogens is 4. The second-order valence-corrected chi connectivity index (χ2v) is 9.79. The Hall–Kier alpha value is -2.43. The molecule has 0 saturated heterocycles. The molecule has 0 atom stereocenters. The summed E-state index contributed by atoms with van der Waals surface area (Å²) in [6, 6.07) is 12.2. The normalized spacial score (nSPS) is 11.8. The molecule has 29 heavy (non-hydrogen) atoms. The fraction of sp³-hybridized carbons (Fsp3) is 0.316. The van der Waals surface area contributed by atoms with Crippen molar-refractivity contribution in [3.8, 4) is 11.6 Å². The Labute approximate surface area is 175 Å². The molecular weight excluding hydrogens is 410 g/mol. The minimum atomic E-state index is -3.43. The zero-order chi connectivity index (χ0) is 21.0. The fourth-order valence-electron chi connectivity index (χ4n) is 2.59. The van der Waals surface area contributed by atoms with E-state index in [1.54, 1.807) is 28.9 Å². The zero-order valence-corrected chi connectivity index (χ0v) is 18.4. The lowest BCUT2D eigenvalue weighted by Gasteiger charge is -2.12. The predicted octanol–water partition coefficient (Wildman–Crippen LogP) is 2.70. The highest BCUT2D eigenvalue weighted by atomic mass is 32.2. The van der Waals surface area contributed by atoms with Crippen molar-refractivity contribution in [1.82, 2.24) is 24.3 Å². The quantitative estimate of drug-likeness (QED) is 0.398. The van der Waals surface area contributed by atoms with Crippen LogP contribution in [-0.4, -0.2) is 59.2 Å². The maximum atomic E-state index is 12.1. The van der Waals surface area contributed by atoms with Crippen LogP contribution in [0.15, 0.2) is 52.4 Å². The topological polar surface area (TPSA) is 90.2 Å². The molecule has 0 aliphatic carbocycles. The highest BCUT2D eigenvalue weighted by molar-refractivity contribution is 7.99. The van der Waals surface area contributed by atoms with E-state index >= 15 is 0 Å². The van der Waals surface area contributed by atoms with Crippen LogP contribution in [0.5, 0.6) is 5.75 Å². The fourth-order valence-corrected chi connectivity index (χ4v) is 4.13. The lowest BCUT2D eigenvalue weighted by molar-refractivity contribution is 0.343. The molecule has 2 heterocycles. The lowest BCUT2D eigenvalue weighted by atomic mass is 10.3. The van der Waals surface area contributed by atoms with Gasteiger partial charge in [-0.3, -0.25) is 0 Å². The van der Waals surface area contributed by atoms with Crippen LogP contribution in [0, 0.1) is 13.8 Å². The molecule has 0 fully saturated rings. The minimum absolute atomic E-state index is 0.238. The largest absolute Gasteiger partial charge is 0.493 e. The van der Waals surface area contributed by atoms with Gasteiger partial charge in [-0.1, -0.05) is 0 Å². The Morgan fingerprint density at radius 3 is 2.34 bits per heavy atom. The van der Waals surface area contributed by atoms with Crippen molar-refractivity contribution < 1.29 is 13.2 Å². The Balaban J connectivity index is 1.50. The molecular formula is C19H23N5O3S2. The first-order valence-corrected chi connectivity index (χ1v) is 11.4. The van der Waals surface area contributed by atoms with Crippen LogP contribution in [-0.2, 0) is 10.0 Å². The van der Waals surface area contributed by atoms with E-state index in [-0.39, 0.29) is 4.90 Å². The van der Waals surface area contributed by atoms with Gasteiger partial charge in [0.05, 0.1) is 17.2 Å². The van der Waals surface area contributed by atoms with E-state index in [0.29, 0.717) is 23.9 Å². The van der Waals surface area contributed by atoms with E-state index in [1.807, 2.05) is 32.0 Å². The summed E-state index contributed by atoms with van der Waals surface area (Å²) in [6.45, 7) is 4.38. The first-order valence-electron chi connectivity index (χ1n) is 8.93. The van der Waals surface area contributed by atoms with Crippen molar-refractivity contribution >= 4 is 21.8 Å². The van der Waals surface area contributed by atoms with Gasteiger partial charge in [0.2, 0.25) is 10.0 Å². The molecule has 0 radical (unpaired) electrons. The minimum Gasteiger partial charge on any atom is -0.493 e. The molecule has 0 aliphatic rings. The molecule has 0 N–H and O–H groups in total. The van der Waals surface area contributed by atoms with Crippen molar-refractivity contribution in [3.05, 3.63) is 53.9 Å². The first-order chi connectivity index (χ1) is 13.8. The van der Waals surface area contributed by atoms with Gasteiger partial charge in [0, 0.05) is 25.5 Å². The molecule has 2 aromatic heterocycles. The highest BCUT2D eigenvalue weighted by Gasteiger charge is 2.16. The molecule has 0 saturated carbocycles. The van der Waals surface area contributed by atoms with Gasteiger partial charge >= 0.3 is 0 Å². The molecule has 0 amide bonds. The number of sulfonamides is 1. The smallest absolute Gasteiger partial charge is 0.242 e. The van der Waals surface area contributed by atoms with Crippen LogP contribution in [0.1, 0.15) is 11.4 Å². The average Bonchev–Trinajstić information content (AvgIpc) is 3.04. The predicted molar refractivity (Wildman–Crippen MR) is 112 cm³/mol. The summed E-state index contributed by atoms with van der Waals surface area (Å²) in [4.78, 5) is 0.238. The van der Waals surface area contributed by atoms with Crippen LogP contribution in [0.4, 0.5) is 0 Å². The number of ether oxygens (including phenoxy) is 1. The molecule has 1 aromatic carbocycles. The van der Waals surface area contributed by atoms with Gasteiger partial charge in [0.1, 0.15) is 10.8 Å². The summed E-state index contributed by atoms with van der Waals surface area (Å²) >= 11 is 1.53. The third-order valence-electron chi connectivity index (χ3n) is 4.06. The molecule has 154 valence electrons. The third kappa shape index (κ3) is 5.14. The number of benzene rings is 1. The van der Waals surface area contributed by atoms with Gasteiger partial charge < -0.3 is 4.74 Å². The van der Waals surface area contributed by atoms with E-state index in [2.05, 4.69) is 15.3 Å². The van der Waals surface area contributed by atoms with E-state index in [4.69, 9.17) is 4.74 Å². The number of hydrogen-bond acceptors (Lipinski definition) is 7. The highest BCUT2D eigenvalue weighted by Crippen LogP contribution is 2.20. The summed E-state index contributed by atoms with van der Waals surface area (Å²) in [5.41, 5.74) is 1.95. The van der Waals surface area contributed by atoms with Gasteiger partial charge in [-0.25, -0.2) is 17.4 Å². The maximum absolute atomic E-state index is 12.1. The van der Waals surface area contributed by atoms with Crippen LogP contribution in [0.25, 0.3) is 5.82 Å². The number of aryl methyl sites for hydroxylation is 2. The van der Waals surface area contributed by atoms with Crippen molar-refractivity contribution in [2.75, 3.05) is 26.5 Å². The van der Waals surface area contributed by atoms with E-state index < -0.39 is 10.0 Å². The summed E-state index contributed by atoms with van der Waals surface area (Å²) in [5.74, 6) is 1.99. The average molecular weight is 434 g/mol. The van der Waals surface area contributed by atoms with Crippen molar-refractivity contribution in [3.63, 3.8) is 0 Å². The third-order valence-corrected chi connectivity index (χ3v) is 6.77. The number of rotatable bonds is 8. The molecule has 0 unspecified atom stereocenters. The van der Waals surface area contributed by atoms with Crippen molar-refractivity contribution in [1.29, 1.82) is 0 Å². The summed E-state index contributed by atoms with van der Waals surface area (Å²) in [7, 11) is -0.420. The monoisotopic (exact) mass is 433 g/mol. The van der Waals surface area contributed by atoms with Gasteiger partial charge in [0.15, 0.2) is 5.82 Å². The van der Waals surface area contributed by atoms with Gasteiger partial charge in [-0.2, -0.15) is 5.10 Å². The van der Waals surface area contributed by atoms with Crippen molar-refractivity contribution in [2.24, 2.45) is 0 Å². The first kappa shape index (κ1) is 21.3. The molecule has 3 aromatic rings. The Kier molecular flexibility index (Phi) is 6.56. The van der Waals surface area contributed by atoms with Crippen LogP contribution in [0.3, 0.4) is 0 Å². The molecule has 8 nitrogen and oxygen atoms in total. The number of nitrogens with zero attached hydrogens (tertiary/aromatic N) is 5. The van der Waals surface area contributed by atoms with Crippen molar-refractivity contribution in [2.45, 2.75) is 23.8 Å². The van der Waals surface area contributed by atoms with Gasteiger partial charge in [0.25, 0.3) is 0 Å². The SMILES string of the molecule is Cc1cc(C)n(-c2ccc(SCCOc3ccc(S(=O)(=O)N(C)C)cc3)nn2)n1. The number of thioether (sulfide) groups is 1. The summed E-state index contributed by atoms with van der Waals surface area (Å²) < 4.78 is 32.7. The Bertz CT molecular complexity index is 1060. The second kappa shape index (κ2) is 8.93. The molecule has 0 aliphatic heterocycles. The molecule has 0 bridgehead atoms. The second-order valence-electron chi connectivity index (χ2n) is 6.52. The number of hydrogen-bond donors (Lipinski definition) is 0. The van der Waals surface area contributed by atoms with E-state index in [0.717, 1.165) is 16.4 Å². The maximum Gasteiger partial charge on any atom is 0.242 e. The summed E-state index contributed by atoms with van der Waals surface area (Å²) in [5, 5.41) is 13.7. The van der Waals surface area contributed by atoms with Crippen LogP contribution in [0.2, 0.25) is 0 Å². The Morgan fingerprint density at radius 2 is 1.79 bits per heavy atom. The standard InChI is InChI=1S/C19H23N5O3S2/c1-14-13-15(2)24(22-14)18-9-10-19(21-20-18)28-12-11-27-16-5-7-17(8-6-16)29(25,26)23(3)4/h5-10,13H,11-12H2,1-4H3. The summed E-state index contributed by atoms with van der Waals surface area (Å²) in [6.07, 6.45) is 0. The van der Waals surface area contributed by atoms with Crippen LogP contribution >= 0.6 is 11.8 Å². The lowest BCUT2D eigenvalue weighted by Crippen LogP contribution is -2.22. The van der Waals surface area contributed by atoms with E-state index in [9.17, 15) is 8.42 Å². The molecule has 10 heteroatoms. The Morgan fingerprint density at radius 1 is 1.07 bits per heavy atom. The van der Waals surface area contributed by atoms with Gasteiger partial charge in [-0.15, -0.1) is 22.0 Å². The molecule has 0 spiro atoms. The van der Waals surface area contributed by atoms with Gasteiger partial charge in [-0.05, 0) is 56.3 Å².